The Morgan fingerprint density at radius 2 is 1.84 bits per heavy atom. The van der Waals surface area contributed by atoms with Gasteiger partial charge in [0.15, 0.2) is 0 Å². The third-order valence-corrected chi connectivity index (χ3v) is 4.46. The molecule has 0 aromatic carbocycles. The maximum Gasteiger partial charge on any atom is 0.309 e. The van der Waals surface area contributed by atoms with Crippen molar-refractivity contribution in [3.05, 3.63) is 0 Å². The van der Waals surface area contributed by atoms with Crippen molar-refractivity contribution >= 4 is 17.9 Å². The van der Waals surface area contributed by atoms with Crippen molar-refractivity contribution in [2.75, 3.05) is 6.61 Å². The summed E-state index contributed by atoms with van der Waals surface area (Å²) in [6.45, 7) is 3.05. The SMILES string of the molecule is CC(=O)O[C@H]1[C@H]2C[C@H](OC(C)=O)[C@H]1[C@H]1COC(=O)[C@H]21. The van der Waals surface area contributed by atoms with Gasteiger partial charge in [-0.05, 0) is 6.42 Å². The van der Waals surface area contributed by atoms with Crippen molar-refractivity contribution in [1.29, 1.82) is 0 Å². The normalized spacial score (nSPS) is 42.7. The van der Waals surface area contributed by atoms with Crippen LogP contribution in [0.5, 0.6) is 0 Å². The lowest BCUT2D eigenvalue weighted by Gasteiger charge is -2.27. The molecule has 1 heterocycles. The van der Waals surface area contributed by atoms with Gasteiger partial charge in [-0.25, -0.2) is 0 Å². The summed E-state index contributed by atoms with van der Waals surface area (Å²) in [5.41, 5.74) is 0. The Morgan fingerprint density at radius 1 is 1.16 bits per heavy atom. The first-order valence-electron chi connectivity index (χ1n) is 6.50. The van der Waals surface area contributed by atoms with E-state index in [2.05, 4.69) is 0 Å². The van der Waals surface area contributed by atoms with E-state index < -0.39 is 0 Å². The van der Waals surface area contributed by atoms with Gasteiger partial charge in [-0.1, -0.05) is 0 Å². The van der Waals surface area contributed by atoms with Crippen LogP contribution in [0.4, 0.5) is 0 Å². The number of esters is 3. The van der Waals surface area contributed by atoms with E-state index in [9.17, 15) is 14.4 Å². The number of hydrogen-bond acceptors (Lipinski definition) is 6. The van der Waals surface area contributed by atoms with Crippen molar-refractivity contribution in [1.82, 2.24) is 0 Å². The summed E-state index contributed by atoms with van der Waals surface area (Å²) in [7, 11) is 0. The van der Waals surface area contributed by atoms with Crippen LogP contribution in [-0.2, 0) is 28.6 Å². The minimum Gasteiger partial charge on any atom is -0.465 e. The maximum atomic E-state index is 11.7. The second-order valence-electron chi connectivity index (χ2n) is 5.52. The summed E-state index contributed by atoms with van der Waals surface area (Å²) in [6.07, 6.45) is -0.0364. The van der Waals surface area contributed by atoms with Gasteiger partial charge < -0.3 is 14.2 Å². The largest absolute Gasteiger partial charge is 0.465 e. The Balaban J connectivity index is 1.85. The zero-order valence-corrected chi connectivity index (χ0v) is 10.8. The molecule has 6 nitrogen and oxygen atoms in total. The molecule has 0 aromatic rings. The van der Waals surface area contributed by atoms with E-state index in [-0.39, 0.29) is 53.8 Å². The van der Waals surface area contributed by atoms with Crippen LogP contribution in [0.25, 0.3) is 0 Å². The van der Waals surface area contributed by atoms with Crippen LogP contribution >= 0.6 is 0 Å². The molecule has 0 unspecified atom stereocenters. The van der Waals surface area contributed by atoms with Crippen LogP contribution in [0.2, 0.25) is 0 Å². The minimum absolute atomic E-state index is 0.0000463. The summed E-state index contributed by atoms with van der Waals surface area (Å²) in [6, 6.07) is 0. The Kier molecular flexibility index (Phi) is 2.76. The number of rotatable bonds is 2. The number of ether oxygens (including phenoxy) is 3. The highest BCUT2D eigenvalue weighted by molar-refractivity contribution is 5.77. The molecule has 19 heavy (non-hydrogen) atoms. The van der Waals surface area contributed by atoms with Crippen molar-refractivity contribution in [3.8, 4) is 0 Å². The Morgan fingerprint density at radius 3 is 2.47 bits per heavy atom. The molecule has 0 amide bonds. The van der Waals surface area contributed by atoms with Gasteiger partial charge in [0, 0.05) is 31.6 Å². The highest BCUT2D eigenvalue weighted by atomic mass is 16.6. The molecule has 2 bridgehead atoms. The van der Waals surface area contributed by atoms with Crippen molar-refractivity contribution < 1.29 is 28.6 Å². The lowest BCUT2D eigenvalue weighted by Crippen LogP contribution is -2.35. The molecule has 2 aliphatic carbocycles. The Bertz CT molecular complexity index is 444. The quantitative estimate of drug-likeness (QED) is 0.529. The average Bonchev–Trinajstić information content (AvgIpc) is 2.89. The standard InChI is InChI=1S/C13H16O6/c1-5(14)18-9-3-7-10-8(4-17-13(10)16)11(9)12(7)19-6(2)15/h7-12H,3-4H2,1-2H3/t7-,8-,9-,10+,11+,12-/m0/s1. The van der Waals surface area contributed by atoms with E-state index in [1.54, 1.807) is 0 Å². The van der Waals surface area contributed by atoms with E-state index in [1.807, 2.05) is 0 Å². The molecule has 104 valence electrons. The zero-order chi connectivity index (χ0) is 13.7. The number of cyclic esters (lactones) is 1. The number of fused-ring (bicyclic) bond motifs is 5. The minimum atomic E-state index is -0.364. The second kappa shape index (κ2) is 4.21. The lowest BCUT2D eigenvalue weighted by molar-refractivity contribution is -0.155. The Hall–Kier alpha value is -1.59. The molecule has 0 radical (unpaired) electrons. The van der Waals surface area contributed by atoms with Crippen molar-refractivity contribution in [2.24, 2.45) is 23.7 Å². The monoisotopic (exact) mass is 268 g/mol. The highest BCUT2D eigenvalue weighted by Gasteiger charge is 2.66. The average molecular weight is 268 g/mol. The summed E-state index contributed by atoms with van der Waals surface area (Å²) in [5.74, 6) is -1.33. The van der Waals surface area contributed by atoms with Crippen LogP contribution in [0.3, 0.4) is 0 Å². The summed E-state index contributed by atoms with van der Waals surface area (Å²) < 4.78 is 15.7. The maximum absolute atomic E-state index is 11.7. The topological polar surface area (TPSA) is 78.9 Å². The first-order valence-corrected chi connectivity index (χ1v) is 6.50. The van der Waals surface area contributed by atoms with E-state index >= 15 is 0 Å². The summed E-state index contributed by atoms with van der Waals surface area (Å²) >= 11 is 0. The van der Waals surface area contributed by atoms with E-state index in [1.165, 1.54) is 13.8 Å². The van der Waals surface area contributed by atoms with Gasteiger partial charge in [0.05, 0.1) is 12.5 Å². The van der Waals surface area contributed by atoms with Crippen LogP contribution in [0.1, 0.15) is 20.3 Å². The molecule has 1 saturated heterocycles. The van der Waals surface area contributed by atoms with Crippen LogP contribution in [-0.4, -0.2) is 36.7 Å². The molecular formula is C13H16O6. The third kappa shape index (κ3) is 1.81. The molecule has 6 atom stereocenters. The second-order valence-corrected chi connectivity index (χ2v) is 5.52. The summed E-state index contributed by atoms with van der Waals surface area (Å²) in [4.78, 5) is 34.1. The molecule has 3 rings (SSSR count). The van der Waals surface area contributed by atoms with Gasteiger partial charge in [0.25, 0.3) is 0 Å². The Labute approximate surface area is 110 Å². The number of carbonyl (C=O) groups excluding carboxylic acids is 3. The predicted molar refractivity (Wildman–Crippen MR) is 60.6 cm³/mol. The van der Waals surface area contributed by atoms with Crippen LogP contribution in [0, 0.1) is 23.7 Å². The first kappa shape index (κ1) is 12.4. The molecule has 1 aliphatic heterocycles. The van der Waals surface area contributed by atoms with E-state index in [0.29, 0.717) is 13.0 Å². The van der Waals surface area contributed by atoms with Crippen molar-refractivity contribution in [3.63, 3.8) is 0 Å². The van der Waals surface area contributed by atoms with Crippen LogP contribution in [0.15, 0.2) is 0 Å². The zero-order valence-electron chi connectivity index (χ0n) is 10.8. The fourth-order valence-electron chi connectivity index (χ4n) is 4.02. The number of hydrogen-bond donors (Lipinski definition) is 0. The smallest absolute Gasteiger partial charge is 0.309 e. The van der Waals surface area contributed by atoms with Gasteiger partial charge in [-0.15, -0.1) is 0 Å². The molecule has 3 fully saturated rings. The third-order valence-electron chi connectivity index (χ3n) is 4.46. The predicted octanol–water partition coefficient (Wildman–Crippen LogP) is 0.289. The molecule has 0 aromatic heterocycles. The highest BCUT2D eigenvalue weighted by Crippen LogP contribution is 2.57. The van der Waals surface area contributed by atoms with Gasteiger partial charge in [0.2, 0.25) is 0 Å². The number of carbonyl (C=O) groups is 3. The molecule has 0 spiro atoms. The molecule has 6 heteroatoms. The fraction of sp³-hybridized carbons (Fsp3) is 0.769. The molecule has 0 N–H and O–H groups in total. The van der Waals surface area contributed by atoms with Gasteiger partial charge >= 0.3 is 17.9 Å². The fourth-order valence-corrected chi connectivity index (χ4v) is 4.02. The first-order chi connectivity index (χ1) is 8.99. The van der Waals surface area contributed by atoms with Gasteiger partial charge in [-0.3, -0.25) is 14.4 Å². The molecule has 3 aliphatic rings. The van der Waals surface area contributed by atoms with Crippen molar-refractivity contribution in [2.45, 2.75) is 32.5 Å². The van der Waals surface area contributed by atoms with Gasteiger partial charge in [-0.2, -0.15) is 0 Å². The van der Waals surface area contributed by atoms with Gasteiger partial charge in [0.1, 0.15) is 12.2 Å². The summed E-state index contributed by atoms with van der Waals surface area (Å²) in [5, 5.41) is 0. The van der Waals surface area contributed by atoms with E-state index in [4.69, 9.17) is 14.2 Å². The van der Waals surface area contributed by atoms with Crippen LogP contribution < -0.4 is 0 Å². The van der Waals surface area contributed by atoms with E-state index in [0.717, 1.165) is 0 Å². The lowest BCUT2D eigenvalue weighted by atomic mass is 9.80. The molecule has 2 saturated carbocycles. The molecular weight excluding hydrogens is 252 g/mol.